The number of hydrogen-bond acceptors (Lipinski definition) is 3. The van der Waals surface area contributed by atoms with Crippen LogP contribution in [0.2, 0.25) is 0 Å². The molecule has 2 aliphatic heterocycles. The van der Waals surface area contributed by atoms with E-state index in [9.17, 15) is 0 Å². The van der Waals surface area contributed by atoms with Gasteiger partial charge < -0.3 is 15.0 Å². The van der Waals surface area contributed by atoms with Gasteiger partial charge in [-0.2, -0.15) is 0 Å². The van der Waals surface area contributed by atoms with Crippen molar-refractivity contribution in [1.82, 2.24) is 10.2 Å². The zero-order valence-electron chi connectivity index (χ0n) is 14.5. The lowest BCUT2D eigenvalue weighted by molar-refractivity contribution is -0.0348. The van der Waals surface area contributed by atoms with E-state index in [2.05, 4.69) is 31.0 Å². The van der Waals surface area contributed by atoms with Crippen LogP contribution in [0.5, 0.6) is 0 Å². The Hall–Kier alpha value is -0.120. The Bertz CT molecular complexity index is 292. The van der Waals surface area contributed by atoms with Gasteiger partial charge in [0.05, 0.1) is 6.61 Å². The second kappa shape index (κ2) is 7.94. The average Bonchev–Trinajstić information content (AvgIpc) is 2.51. The lowest BCUT2D eigenvalue weighted by Crippen LogP contribution is -2.51. The molecule has 0 bridgehead atoms. The highest BCUT2D eigenvalue weighted by Gasteiger charge is 2.37. The molecule has 3 heteroatoms. The molecule has 2 fully saturated rings. The minimum absolute atomic E-state index is 0.355. The van der Waals surface area contributed by atoms with Gasteiger partial charge in [-0.3, -0.25) is 0 Å². The highest BCUT2D eigenvalue weighted by molar-refractivity contribution is 4.90. The Morgan fingerprint density at radius 1 is 1.14 bits per heavy atom. The molecule has 21 heavy (non-hydrogen) atoms. The van der Waals surface area contributed by atoms with Crippen LogP contribution in [0.4, 0.5) is 0 Å². The predicted octanol–water partition coefficient (Wildman–Crippen LogP) is 3.29. The molecule has 0 aromatic heterocycles. The summed E-state index contributed by atoms with van der Waals surface area (Å²) < 4.78 is 5.85. The zero-order valence-corrected chi connectivity index (χ0v) is 14.5. The first-order chi connectivity index (χ1) is 10.1. The van der Waals surface area contributed by atoms with Gasteiger partial charge in [0.1, 0.15) is 0 Å². The largest absolute Gasteiger partial charge is 0.381 e. The third-order valence-electron chi connectivity index (χ3n) is 5.81. The molecule has 0 aromatic rings. The summed E-state index contributed by atoms with van der Waals surface area (Å²) in [4.78, 5) is 2.71. The van der Waals surface area contributed by atoms with Crippen LogP contribution in [-0.4, -0.2) is 50.8 Å². The molecule has 0 spiro atoms. The number of ether oxygens (including phenoxy) is 1. The van der Waals surface area contributed by atoms with Crippen molar-refractivity contribution < 1.29 is 4.74 Å². The van der Waals surface area contributed by atoms with Crippen molar-refractivity contribution in [3.05, 3.63) is 0 Å². The summed E-state index contributed by atoms with van der Waals surface area (Å²) in [6.07, 6.45) is 7.83. The smallest absolute Gasteiger partial charge is 0.0546 e. The molecule has 1 N–H and O–H groups in total. The topological polar surface area (TPSA) is 24.5 Å². The van der Waals surface area contributed by atoms with Crippen molar-refractivity contribution in [1.29, 1.82) is 0 Å². The lowest BCUT2D eigenvalue weighted by Gasteiger charge is -2.45. The molecule has 2 rings (SSSR count). The Morgan fingerprint density at radius 3 is 2.48 bits per heavy atom. The fraction of sp³-hybridized carbons (Fsp3) is 1.00. The van der Waals surface area contributed by atoms with Crippen molar-refractivity contribution in [3.8, 4) is 0 Å². The summed E-state index contributed by atoms with van der Waals surface area (Å²) >= 11 is 0. The van der Waals surface area contributed by atoms with E-state index in [1.54, 1.807) is 0 Å². The summed E-state index contributed by atoms with van der Waals surface area (Å²) in [6.45, 7) is 15.0. The summed E-state index contributed by atoms with van der Waals surface area (Å²) in [6, 6.07) is 0. The van der Waals surface area contributed by atoms with Gasteiger partial charge in [-0.25, -0.2) is 0 Å². The van der Waals surface area contributed by atoms with Crippen LogP contribution in [0.25, 0.3) is 0 Å². The molecule has 3 nitrogen and oxygen atoms in total. The SMILES string of the molecule is CCCNCC1(CN2CCC(C)(CC)CC2)CCCOC1. The van der Waals surface area contributed by atoms with E-state index >= 15 is 0 Å². The first kappa shape index (κ1) is 17.2. The molecular formula is C18H36N2O. The minimum atomic E-state index is 0.355. The van der Waals surface area contributed by atoms with Gasteiger partial charge in [-0.05, 0) is 57.2 Å². The average molecular weight is 296 g/mol. The van der Waals surface area contributed by atoms with Gasteiger partial charge in [0.25, 0.3) is 0 Å². The monoisotopic (exact) mass is 296 g/mol. The minimum Gasteiger partial charge on any atom is -0.381 e. The summed E-state index contributed by atoms with van der Waals surface area (Å²) in [5.74, 6) is 0. The van der Waals surface area contributed by atoms with Crippen molar-refractivity contribution in [3.63, 3.8) is 0 Å². The second-order valence-corrected chi connectivity index (χ2v) is 7.77. The van der Waals surface area contributed by atoms with Crippen LogP contribution >= 0.6 is 0 Å². The van der Waals surface area contributed by atoms with Crippen molar-refractivity contribution in [2.24, 2.45) is 10.8 Å². The molecule has 124 valence electrons. The molecule has 0 saturated carbocycles. The van der Waals surface area contributed by atoms with E-state index in [0.29, 0.717) is 10.8 Å². The Morgan fingerprint density at radius 2 is 1.90 bits per heavy atom. The number of nitrogens with zero attached hydrogens (tertiary/aromatic N) is 1. The van der Waals surface area contributed by atoms with E-state index in [4.69, 9.17) is 4.74 Å². The van der Waals surface area contributed by atoms with Crippen LogP contribution in [0.1, 0.15) is 59.3 Å². The molecule has 0 amide bonds. The van der Waals surface area contributed by atoms with Gasteiger partial charge in [-0.15, -0.1) is 0 Å². The lowest BCUT2D eigenvalue weighted by atomic mass is 9.76. The molecule has 1 unspecified atom stereocenters. The molecular weight excluding hydrogens is 260 g/mol. The van der Waals surface area contributed by atoms with Gasteiger partial charge in [0.15, 0.2) is 0 Å². The van der Waals surface area contributed by atoms with Gasteiger partial charge in [-0.1, -0.05) is 27.2 Å². The molecule has 0 aliphatic carbocycles. The van der Waals surface area contributed by atoms with Crippen LogP contribution in [0.15, 0.2) is 0 Å². The summed E-state index contributed by atoms with van der Waals surface area (Å²) in [5, 5.41) is 3.66. The molecule has 0 aromatic carbocycles. The maximum atomic E-state index is 5.85. The Kier molecular flexibility index (Phi) is 6.51. The van der Waals surface area contributed by atoms with Gasteiger partial charge in [0, 0.05) is 25.1 Å². The molecule has 1 atom stereocenters. The fourth-order valence-corrected chi connectivity index (χ4v) is 3.84. The second-order valence-electron chi connectivity index (χ2n) is 7.77. The molecule has 2 saturated heterocycles. The summed E-state index contributed by atoms with van der Waals surface area (Å²) in [5.41, 5.74) is 0.945. The molecule has 2 heterocycles. The van der Waals surface area contributed by atoms with Crippen molar-refractivity contribution in [2.45, 2.75) is 59.3 Å². The quantitative estimate of drug-likeness (QED) is 0.730. The highest BCUT2D eigenvalue weighted by Crippen LogP contribution is 2.36. The number of rotatable bonds is 7. The molecule has 0 radical (unpaired) electrons. The summed E-state index contributed by atoms with van der Waals surface area (Å²) in [7, 11) is 0. The zero-order chi connectivity index (χ0) is 15.2. The number of nitrogens with one attached hydrogen (secondary N) is 1. The van der Waals surface area contributed by atoms with E-state index < -0.39 is 0 Å². The maximum Gasteiger partial charge on any atom is 0.0546 e. The van der Waals surface area contributed by atoms with Gasteiger partial charge >= 0.3 is 0 Å². The van der Waals surface area contributed by atoms with E-state index in [1.807, 2.05) is 0 Å². The number of likely N-dealkylation sites (tertiary alicyclic amines) is 1. The third kappa shape index (κ3) is 4.94. The van der Waals surface area contributed by atoms with Gasteiger partial charge in [0.2, 0.25) is 0 Å². The standard InChI is InChI=1S/C18H36N2O/c1-4-10-19-14-18(7-6-13-21-16-18)15-20-11-8-17(3,5-2)9-12-20/h19H,4-16H2,1-3H3. The van der Waals surface area contributed by atoms with Crippen LogP contribution in [0.3, 0.4) is 0 Å². The molecule has 2 aliphatic rings. The maximum absolute atomic E-state index is 5.85. The van der Waals surface area contributed by atoms with E-state index in [0.717, 1.165) is 26.3 Å². The van der Waals surface area contributed by atoms with Crippen molar-refractivity contribution >= 4 is 0 Å². The highest BCUT2D eigenvalue weighted by atomic mass is 16.5. The number of hydrogen-bond donors (Lipinski definition) is 1. The van der Waals surface area contributed by atoms with E-state index in [1.165, 1.54) is 58.2 Å². The fourth-order valence-electron chi connectivity index (χ4n) is 3.84. The van der Waals surface area contributed by atoms with Crippen LogP contribution in [0, 0.1) is 10.8 Å². The Balaban J connectivity index is 1.87. The van der Waals surface area contributed by atoms with E-state index in [-0.39, 0.29) is 0 Å². The first-order valence-corrected chi connectivity index (χ1v) is 9.12. The van der Waals surface area contributed by atoms with Crippen LogP contribution < -0.4 is 5.32 Å². The number of piperidine rings is 1. The first-order valence-electron chi connectivity index (χ1n) is 9.12. The Labute approximate surface area is 131 Å². The predicted molar refractivity (Wildman–Crippen MR) is 89.7 cm³/mol. The van der Waals surface area contributed by atoms with Crippen molar-refractivity contribution in [2.75, 3.05) is 45.9 Å². The van der Waals surface area contributed by atoms with Crippen LogP contribution in [-0.2, 0) is 4.74 Å². The third-order valence-corrected chi connectivity index (χ3v) is 5.81. The normalized spacial score (nSPS) is 30.4.